The van der Waals surface area contributed by atoms with Crippen molar-refractivity contribution in [1.29, 1.82) is 0 Å². The normalized spacial score (nSPS) is 28.3. The zero-order valence-electron chi connectivity index (χ0n) is 11.4. The number of morpholine rings is 1. The molecule has 2 aliphatic rings. The highest BCUT2D eigenvalue weighted by molar-refractivity contribution is 6.00. The average molecular weight is 259 g/mol. The van der Waals surface area contributed by atoms with E-state index in [9.17, 15) is 4.79 Å². The van der Waals surface area contributed by atoms with Crippen molar-refractivity contribution in [3.8, 4) is 0 Å². The number of likely N-dealkylation sites (tertiary alicyclic amines) is 1. The smallest absolute Gasteiger partial charge is 0.179 e. The van der Waals surface area contributed by atoms with Gasteiger partial charge in [0.05, 0.1) is 18.2 Å². The molecule has 3 unspecified atom stereocenters. The van der Waals surface area contributed by atoms with Gasteiger partial charge in [0.2, 0.25) is 0 Å². The van der Waals surface area contributed by atoms with Crippen molar-refractivity contribution in [3.63, 3.8) is 0 Å². The zero-order valence-corrected chi connectivity index (χ0v) is 11.4. The van der Waals surface area contributed by atoms with Crippen LogP contribution < -0.4 is 0 Å². The maximum absolute atomic E-state index is 12.6. The molecule has 19 heavy (non-hydrogen) atoms. The van der Waals surface area contributed by atoms with Crippen molar-refractivity contribution >= 4 is 5.78 Å². The van der Waals surface area contributed by atoms with E-state index in [1.165, 1.54) is 0 Å². The molecule has 0 amide bonds. The fraction of sp³-hybridized carbons (Fsp3) is 0.562. The number of fused-ring (bicyclic) bond motifs is 2. The van der Waals surface area contributed by atoms with Gasteiger partial charge < -0.3 is 4.74 Å². The van der Waals surface area contributed by atoms with E-state index in [-0.39, 0.29) is 11.8 Å². The molecular weight excluding hydrogens is 238 g/mol. The van der Waals surface area contributed by atoms with Crippen LogP contribution in [0.1, 0.15) is 36.5 Å². The van der Waals surface area contributed by atoms with Crippen LogP contribution in [0.2, 0.25) is 0 Å². The Hall–Kier alpha value is -1.19. The summed E-state index contributed by atoms with van der Waals surface area (Å²) in [5.41, 5.74) is 0.827. The highest BCUT2D eigenvalue weighted by Gasteiger charge is 2.38. The van der Waals surface area contributed by atoms with E-state index in [0.717, 1.165) is 37.9 Å². The van der Waals surface area contributed by atoms with Gasteiger partial charge in [-0.05, 0) is 19.3 Å². The number of hydrogen-bond acceptors (Lipinski definition) is 3. The number of benzene rings is 1. The average Bonchev–Trinajstić information content (AvgIpc) is 2.79. The molecule has 0 N–H and O–H groups in total. The van der Waals surface area contributed by atoms with Gasteiger partial charge in [-0.1, -0.05) is 37.3 Å². The van der Waals surface area contributed by atoms with Gasteiger partial charge in [0, 0.05) is 18.7 Å². The Morgan fingerprint density at radius 3 is 2.47 bits per heavy atom. The summed E-state index contributed by atoms with van der Waals surface area (Å²) in [4.78, 5) is 15.0. The van der Waals surface area contributed by atoms with E-state index in [1.807, 2.05) is 30.3 Å². The summed E-state index contributed by atoms with van der Waals surface area (Å²) < 4.78 is 5.85. The number of hydrogen-bond donors (Lipinski definition) is 0. The molecule has 0 spiro atoms. The van der Waals surface area contributed by atoms with Gasteiger partial charge in [0.1, 0.15) is 0 Å². The third-order valence-electron chi connectivity index (χ3n) is 4.26. The highest BCUT2D eigenvalue weighted by atomic mass is 16.5. The number of carbonyl (C=O) groups is 1. The van der Waals surface area contributed by atoms with Gasteiger partial charge in [-0.3, -0.25) is 9.69 Å². The number of Topliss-reactive ketones (excluding diaryl/α,β-unsaturated/α-hetero) is 1. The maximum atomic E-state index is 12.6. The third kappa shape index (κ3) is 2.58. The summed E-state index contributed by atoms with van der Waals surface area (Å²) in [5.74, 6) is 0.254. The maximum Gasteiger partial charge on any atom is 0.179 e. The minimum Gasteiger partial charge on any atom is -0.372 e. The quantitative estimate of drug-likeness (QED) is 0.778. The van der Waals surface area contributed by atoms with E-state index >= 15 is 0 Å². The molecule has 0 aliphatic carbocycles. The van der Waals surface area contributed by atoms with Crippen molar-refractivity contribution < 1.29 is 9.53 Å². The summed E-state index contributed by atoms with van der Waals surface area (Å²) >= 11 is 0. The molecule has 2 bridgehead atoms. The first-order valence-corrected chi connectivity index (χ1v) is 7.26. The SMILES string of the molecule is CCC(C(=O)c1ccccc1)N1CC2CCC(C1)O2. The molecule has 0 aromatic heterocycles. The predicted octanol–water partition coefficient (Wildman–Crippen LogP) is 2.51. The van der Waals surface area contributed by atoms with Crippen LogP contribution in [0.3, 0.4) is 0 Å². The topological polar surface area (TPSA) is 29.5 Å². The molecule has 3 nitrogen and oxygen atoms in total. The minimum absolute atomic E-state index is 0.00870. The summed E-state index contributed by atoms with van der Waals surface area (Å²) in [7, 11) is 0. The highest BCUT2D eigenvalue weighted by Crippen LogP contribution is 2.28. The van der Waals surface area contributed by atoms with Crippen LogP contribution in [0.15, 0.2) is 30.3 Å². The fourth-order valence-corrected chi connectivity index (χ4v) is 3.31. The first kappa shape index (κ1) is 12.8. The van der Waals surface area contributed by atoms with Crippen LogP contribution in [0, 0.1) is 0 Å². The van der Waals surface area contributed by atoms with E-state index in [4.69, 9.17) is 4.74 Å². The number of ether oxygens (including phenoxy) is 1. The largest absolute Gasteiger partial charge is 0.372 e. The molecule has 0 radical (unpaired) electrons. The van der Waals surface area contributed by atoms with Crippen molar-refractivity contribution in [3.05, 3.63) is 35.9 Å². The Kier molecular flexibility index (Phi) is 3.67. The Morgan fingerprint density at radius 1 is 1.26 bits per heavy atom. The van der Waals surface area contributed by atoms with Gasteiger partial charge in [0.25, 0.3) is 0 Å². The molecule has 3 rings (SSSR count). The molecule has 3 heteroatoms. The fourth-order valence-electron chi connectivity index (χ4n) is 3.31. The number of rotatable bonds is 4. The predicted molar refractivity (Wildman–Crippen MR) is 74.3 cm³/mol. The summed E-state index contributed by atoms with van der Waals surface area (Å²) in [6, 6.07) is 9.66. The van der Waals surface area contributed by atoms with Gasteiger partial charge in [-0.15, -0.1) is 0 Å². The van der Waals surface area contributed by atoms with Gasteiger partial charge in [-0.2, -0.15) is 0 Å². The molecule has 2 saturated heterocycles. The summed E-state index contributed by atoms with van der Waals surface area (Å²) in [6.07, 6.45) is 3.86. The molecule has 3 atom stereocenters. The third-order valence-corrected chi connectivity index (χ3v) is 4.26. The zero-order chi connectivity index (χ0) is 13.2. The van der Waals surface area contributed by atoms with Gasteiger partial charge >= 0.3 is 0 Å². The van der Waals surface area contributed by atoms with Crippen LogP contribution in [-0.4, -0.2) is 42.0 Å². The van der Waals surface area contributed by atoms with E-state index < -0.39 is 0 Å². The monoisotopic (exact) mass is 259 g/mol. The first-order valence-electron chi connectivity index (χ1n) is 7.26. The van der Waals surface area contributed by atoms with Crippen LogP contribution in [0.25, 0.3) is 0 Å². The molecule has 1 aromatic rings. The molecule has 2 fully saturated rings. The molecule has 102 valence electrons. The molecule has 1 aromatic carbocycles. The van der Waals surface area contributed by atoms with E-state index in [2.05, 4.69) is 11.8 Å². The van der Waals surface area contributed by atoms with Crippen LogP contribution in [-0.2, 0) is 4.74 Å². The lowest BCUT2D eigenvalue weighted by Crippen LogP contribution is -2.50. The van der Waals surface area contributed by atoms with Crippen LogP contribution >= 0.6 is 0 Å². The Balaban J connectivity index is 1.75. The Labute approximate surface area is 114 Å². The van der Waals surface area contributed by atoms with E-state index in [1.54, 1.807) is 0 Å². The number of ketones is 1. The lowest BCUT2D eigenvalue weighted by Gasteiger charge is -2.36. The lowest BCUT2D eigenvalue weighted by atomic mass is 10.00. The number of nitrogens with zero attached hydrogens (tertiary/aromatic N) is 1. The standard InChI is InChI=1S/C16H21NO2/c1-2-15(16(18)12-6-4-3-5-7-12)17-10-13-8-9-14(11-17)19-13/h3-7,13-15H,2,8-11H2,1H3. The second-order valence-corrected chi connectivity index (χ2v) is 5.57. The van der Waals surface area contributed by atoms with Crippen LogP contribution in [0.5, 0.6) is 0 Å². The van der Waals surface area contributed by atoms with Crippen molar-refractivity contribution in [2.45, 2.75) is 44.4 Å². The van der Waals surface area contributed by atoms with Crippen molar-refractivity contribution in [2.75, 3.05) is 13.1 Å². The van der Waals surface area contributed by atoms with Crippen molar-refractivity contribution in [2.24, 2.45) is 0 Å². The molecule has 2 aliphatic heterocycles. The molecular formula is C16H21NO2. The lowest BCUT2D eigenvalue weighted by molar-refractivity contribution is -0.0488. The summed E-state index contributed by atoms with van der Waals surface area (Å²) in [5, 5.41) is 0. The first-order chi connectivity index (χ1) is 9.28. The minimum atomic E-state index is 0.00870. The van der Waals surface area contributed by atoms with Gasteiger partial charge in [-0.25, -0.2) is 0 Å². The van der Waals surface area contributed by atoms with Crippen molar-refractivity contribution in [1.82, 2.24) is 4.90 Å². The second kappa shape index (κ2) is 5.43. The van der Waals surface area contributed by atoms with E-state index in [0.29, 0.717) is 12.2 Å². The Morgan fingerprint density at radius 2 is 1.89 bits per heavy atom. The molecule has 0 saturated carbocycles. The summed E-state index contributed by atoms with van der Waals surface area (Å²) in [6.45, 7) is 3.92. The van der Waals surface area contributed by atoms with Crippen LogP contribution in [0.4, 0.5) is 0 Å². The Bertz CT molecular complexity index is 433. The second-order valence-electron chi connectivity index (χ2n) is 5.57. The molecule has 2 heterocycles. The number of carbonyl (C=O) groups excluding carboxylic acids is 1. The van der Waals surface area contributed by atoms with Gasteiger partial charge in [0.15, 0.2) is 5.78 Å².